The van der Waals surface area contributed by atoms with E-state index in [1.807, 2.05) is 60.4 Å². The van der Waals surface area contributed by atoms with Gasteiger partial charge in [0.05, 0.1) is 38.4 Å². The Labute approximate surface area is 412 Å². The molecule has 2 aliphatic heterocycles. The maximum atomic E-state index is 14.8. The van der Waals surface area contributed by atoms with Gasteiger partial charge >= 0.3 is 30.1 Å². The predicted octanol–water partition coefficient (Wildman–Crippen LogP) is 5.16. The minimum atomic E-state index is -4.73. The van der Waals surface area contributed by atoms with Gasteiger partial charge in [0.1, 0.15) is 18.4 Å². The summed E-state index contributed by atoms with van der Waals surface area (Å²) in [5.41, 5.74) is 2.77. The van der Waals surface area contributed by atoms with Crippen molar-refractivity contribution in [3.05, 3.63) is 88.5 Å². The van der Waals surface area contributed by atoms with Crippen LogP contribution in [-0.2, 0) is 36.6 Å². The molecule has 0 saturated carbocycles. The first kappa shape index (κ1) is 54.5. The predicted molar refractivity (Wildman–Crippen MR) is 238 cm³/mol. The Bertz CT molecular complexity index is 2060. The number of benzene rings is 3. The Morgan fingerprint density at radius 2 is 1.24 bits per heavy atom. The number of carboxylic acid groups (broad SMARTS) is 4. The van der Waals surface area contributed by atoms with Gasteiger partial charge in [-0.05, 0) is 66.3 Å². The largest absolute Gasteiger partial charge is 0.491 e. The Morgan fingerprint density at radius 3 is 1.79 bits per heavy atom. The van der Waals surface area contributed by atoms with E-state index in [9.17, 15) is 52.8 Å². The first-order valence-electron chi connectivity index (χ1n) is 21.9. The number of carboxylic acids is 4. The van der Waals surface area contributed by atoms with Gasteiger partial charge in [-0.3, -0.25) is 43.7 Å². The van der Waals surface area contributed by atoms with Crippen molar-refractivity contribution in [2.75, 3.05) is 105 Å². The molecular formula is C47H60F3LuN5O10. The van der Waals surface area contributed by atoms with Crippen LogP contribution in [0.5, 0.6) is 5.75 Å². The molecule has 0 bridgehead atoms. The quantitative estimate of drug-likeness (QED) is 0.0912. The smallest absolute Gasteiger partial charge is 0.417 e. The van der Waals surface area contributed by atoms with Crippen LogP contribution in [0, 0.1) is 43.8 Å². The van der Waals surface area contributed by atoms with E-state index in [1.54, 1.807) is 25.7 Å². The first-order valence-corrected chi connectivity index (χ1v) is 21.9. The van der Waals surface area contributed by atoms with Crippen molar-refractivity contribution in [1.82, 2.24) is 24.5 Å². The minimum absolute atomic E-state index is 0. The number of hydrogen-bond donors (Lipinski definition) is 4. The number of ether oxygens (including phenoxy) is 2. The molecule has 15 nitrogen and oxygen atoms in total. The van der Waals surface area contributed by atoms with Crippen molar-refractivity contribution < 1.29 is 99.1 Å². The fraction of sp³-hybridized carbons (Fsp3) is 0.489. The van der Waals surface area contributed by atoms with Crippen LogP contribution < -0.4 is 4.74 Å². The second kappa shape index (κ2) is 27.0. The monoisotopic (exact) mass is 1090 g/mol. The number of nitrogens with zero attached hydrogens (tertiary/aromatic N) is 5. The summed E-state index contributed by atoms with van der Waals surface area (Å²) in [6.45, 7) is 4.80. The Hall–Kier alpha value is -4.14. The first-order chi connectivity index (χ1) is 31.1. The molecule has 1 radical (unpaired) electrons. The topological polar surface area (TPSA) is 184 Å². The number of rotatable bonds is 19. The molecule has 0 spiro atoms. The van der Waals surface area contributed by atoms with E-state index in [2.05, 4.69) is 0 Å². The van der Waals surface area contributed by atoms with Gasteiger partial charge in [-0.2, -0.15) is 13.2 Å². The Morgan fingerprint density at radius 1 is 0.682 bits per heavy atom. The Balaban J connectivity index is 0.00000952. The third-order valence-corrected chi connectivity index (χ3v) is 11.8. The van der Waals surface area contributed by atoms with Crippen LogP contribution in [0.4, 0.5) is 13.2 Å². The van der Waals surface area contributed by atoms with Crippen LogP contribution in [0.25, 0.3) is 23.3 Å². The molecule has 3 aromatic carbocycles. The molecule has 19 heteroatoms. The second-order valence-corrected chi connectivity index (χ2v) is 16.4. The molecule has 2 aliphatic rings. The molecule has 0 aliphatic carbocycles. The maximum Gasteiger partial charge on any atom is 0.417 e. The standard InChI is InChI=1S/C47H60F3N5O10.Lu/c1-34-35(10-7-11-39(34)36-8-3-2-4-9-36)13-14-37-29-42(38(28-40(37)47(48,49)50)30-55-15-6-5-12-41(55)46(62)63)65-27-26-64-25-24-51-16-18-52(31-43(56)57)20-22-54(33-45(60)61)23-21-53(19-17-51)32-44(58)59;/h2-4,7-11,13-14,28-29,41H,5-6,12,15-27,30-33H2,1H3,(H,56,57)(H,58,59)(H,60,61)(H,62,63);/b14-13+;/t41-;/m0./s1/i;1+2. The maximum absolute atomic E-state index is 14.8. The fourth-order valence-electron chi connectivity index (χ4n) is 8.26. The van der Waals surface area contributed by atoms with E-state index in [0.29, 0.717) is 71.6 Å². The van der Waals surface area contributed by atoms with Crippen LogP contribution in [0.1, 0.15) is 47.1 Å². The zero-order valence-corrected chi connectivity index (χ0v) is 38.7. The van der Waals surface area contributed by atoms with Gasteiger partial charge in [0.15, 0.2) is 0 Å². The Kier molecular flexibility index (Phi) is 22.3. The molecule has 369 valence electrons. The molecule has 2 fully saturated rings. The molecule has 3 aromatic rings. The molecule has 5 rings (SSSR count). The van der Waals surface area contributed by atoms with E-state index >= 15 is 0 Å². The number of piperidine rings is 1. The number of likely N-dealkylation sites (tertiary alicyclic amines) is 1. The molecule has 66 heavy (non-hydrogen) atoms. The normalized spacial score (nSPS) is 18.0. The number of hydrogen-bond acceptors (Lipinski definition) is 11. The van der Waals surface area contributed by atoms with E-state index < -0.39 is 41.7 Å². The molecule has 2 heterocycles. The van der Waals surface area contributed by atoms with Gasteiger partial charge in [-0.25, -0.2) is 0 Å². The summed E-state index contributed by atoms with van der Waals surface area (Å²) in [5.74, 6) is -3.95. The molecule has 0 amide bonds. The zero-order chi connectivity index (χ0) is 46.9. The third kappa shape index (κ3) is 17.5. The van der Waals surface area contributed by atoms with Gasteiger partial charge in [-0.1, -0.05) is 67.1 Å². The van der Waals surface area contributed by atoms with Crippen molar-refractivity contribution in [2.45, 2.75) is 44.9 Å². The average molecular weight is 1090 g/mol. The van der Waals surface area contributed by atoms with E-state index in [0.717, 1.165) is 28.3 Å². The summed E-state index contributed by atoms with van der Waals surface area (Å²) in [7, 11) is 0. The molecular weight excluding hydrogens is 1030 g/mol. The summed E-state index contributed by atoms with van der Waals surface area (Å²) in [6, 6.07) is 16.9. The summed E-state index contributed by atoms with van der Waals surface area (Å²) in [4.78, 5) is 55.8. The summed E-state index contributed by atoms with van der Waals surface area (Å²) >= 11 is 0. The summed E-state index contributed by atoms with van der Waals surface area (Å²) < 4.78 is 56.6. The molecule has 0 unspecified atom stereocenters. The van der Waals surface area contributed by atoms with E-state index in [-0.39, 0.29) is 113 Å². The van der Waals surface area contributed by atoms with Gasteiger partial charge in [0.2, 0.25) is 0 Å². The van der Waals surface area contributed by atoms with Crippen molar-refractivity contribution >= 4 is 36.0 Å². The fourth-order valence-corrected chi connectivity index (χ4v) is 8.26. The molecule has 0 aromatic heterocycles. The van der Waals surface area contributed by atoms with Crippen molar-refractivity contribution in [3.8, 4) is 16.9 Å². The van der Waals surface area contributed by atoms with Crippen LogP contribution >= 0.6 is 0 Å². The van der Waals surface area contributed by atoms with Crippen LogP contribution in [0.2, 0.25) is 0 Å². The summed E-state index contributed by atoms with van der Waals surface area (Å²) in [6.07, 6.45) is 0.127. The van der Waals surface area contributed by atoms with Crippen LogP contribution in [0.15, 0.2) is 60.7 Å². The number of aliphatic carboxylic acids is 4. The van der Waals surface area contributed by atoms with Gasteiger partial charge in [-0.15, -0.1) is 0 Å². The van der Waals surface area contributed by atoms with Gasteiger partial charge < -0.3 is 29.9 Å². The second-order valence-electron chi connectivity index (χ2n) is 16.4. The number of carbonyl (C=O) groups is 4. The third-order valence-electron chi connectivity index (χ3n) is 11.8. The van der Waals surface area contributed by atoms with Crippen LogP contribution in [-0.4, -0.2) is 180 Å². The van der Waals surface area contributed by atoms with Crippen LogP contribution in [0.3, 0.4) is 0 Å². The number of alkyl halides is 3. The van der Waals surface area contributed by atoms with Crippen molar-refractivity contribution in [1.29, 1.82) is 0 Å². The van der Waals surface area contributed by atoms with Gasteiger partial charge in [0.25, 0.3) is 0 Å². The van der Waals surface area contributed by atoms with E-state index in [4.69, 9.17) is 9.47 Å². The zero-order valence-electron chi connectivity index (χ0n) is 37.0. The molecule has 4 N–H and O–H groups in total. The van der Waals surface area contributed by atoms with Gasteiger partial charge in [0, 0.05) is 108 Å². The SMILES string of the molecule is Cc1c(/C=C/c2cc(OCCOCCN3CCN(CC(=O)O)CCN(CC(=O)O)CCN(CC(=O)O)CC3)c(CN3CCCC[C@H]3C(=O)O)cc2C(F)(F)F)cccc1-c1ccccc1.[177Lu]. The van der Waals surface area contributed by atoms with Crippen molar-refractivity contribution in [2.24, 2.45) is 0 Å². The minimum Gasteiger partial charge on any atom is -0.491 e. The molecule has 1 atom stereocenters. The number of halogens is 3. The average Bonchev–Trinajstić information content (AvgIpc) is 3.25. The van der Waals surface area contributed by atoms with Crippen molar-refractivity contribution in [3.63, 3.8) is 0 Å². The summed E-state index contributed by atoms with van der Waals surface area (Å²) in [5, 5.41) is 38.5. The molecule has 2 saturated heterocycles. The van der Waals surface area contributed by atoms with E-state index in [1.165, 1.54) is 12.1 Å².